The summed E-state index contributed by atoms with van der Waals surface area (Å²) in [6.45, 7) is 3.27. The van der Waals surface area contributed by atoms with Crippen LogP contribution in [-0.4, -0.2) is 38.5 Å². The van der Waals surface area contributed by atoms with Crippen molar-refractivity contribution in [3.8, 4) is 0 Å². The van der Waals surface area contributed by atoms with Gasteiger partial charge in [-0.3, -0.25) is 4.79 Å². The maximum Gasteiger partial charge on any atom is 0.326 e. The molecule has 0 fully saturated rings. The number of carbonyl (C=O) groups excluding carboxylic acids is 1. The molecule has 0 aliphatic heterocycles. The van der Waals surface area contributed by atoms with Crippen LogP contribution in [0.15, 0.2) is 21.6 Å². The molecule has 3 N–H and O–H groups in total. The number of amides is 1. The molecule has 0 unspecified atom stereocenters. The Morgan fingerprint density at radius 2 is 1.90 bits per heavy atom. The summed E-state index contributed by atoms with van der Waals surface area (Å²) in [5.41, 5.74) is 0. The van der Waals surface area contributed by atoms with Crippen LogP contribution in [0.2, 0.25) is 0 Å². The van der Waals surface area contributed by atoms with Gasteiger partial charge in [0.1, 0.15) is 6.04 Å². The Bertz CT molecular complexity index is 604. The molecule has 0 aromatic carbocycles. The highest BCUT2D eigenvalue weighted by Crippen LogP contribution is 2.14. The predicted octanol–water partition coefficient (Wildman–Crippen LogP) is 0.0267. The quantitative estimate of drug-likeness (QED) is 0.680. The van der Waals surface area contributed by atoms with Gasteiger partial charge in [0.05, 0.1) is 0 Å². The molecule has 0 aliphatic carbocycles. The summed E-state index contributed by atoms with van der Waals surface area (Å²) in [6.07, 6.45) is 0. The first-order chi connectivity index (χ1) is 9.19. The summed E-state index contributed by atoms with van der Waals surface area (Å²) in [7, 11) is -2.58. The number of sulfonamides is 1. The maximum absolute atomic E-state index is 11.8. The van der Waals surface area contributed by atoms with Gasteiger partial charge in [0.2, 0.25) is 5.09 Å². The average molecular weight is 304 g/mol. The standard InChI is InChI=1S/C11H16N2O6S/c1-6(2)9(11(15)16)13-10(14)7-4-5-8(19-7)20(17,18)12-3/h4-6,9,12H,1-3H3,(H,13,14)(H,15,16)/t9-/m0/s1. The SMILES string of the molecule is CNS(=O)(=O)c1ccc(C(=O)N[C@H](C(=O)O)C(C)C)o1. The minimum atomic E-state index is -3.78. The van der Waals surface area contributed by atoms with E-state index in [0.29, 0.717) is 0 Å². The number of furan rings is 1. The Morgan fingerprint density at radius 1 is 1.30 bits per heavy atom. The van der Waals surface area contributed by atoms with Crippen molar-refractivity contribution in [1.29, 1.82) is 0 Å². The van der Waals surface area contributed by atoms with Crippen molar-refractivity contribution in [3.05, 3.63) is 17.9 Å². The lowest BCUT2D eigenvalue weighted by Crippen LogP contribution is -2.44. The molecule has 0 bridgehead atoms. The second-order valence-corrected chi connectivity index (χ2v) is 6.18. The molecule has 1 aromatic heterocycles. The zero-order valence-corrected chi connectivity index (χ0v) is 12.0. The molecule has 0 saturated carbocycles. The molecule has 0 radical (unpaired) electrons. The van der Waals surface area contributed by atoms with Crippen LogP contribution >= 0.6 is 0 Å². The average Bonchev–Trinajstić information content (AvgIpc) is 2.85. The lowest BCUT2D eigenvalue weighted by atomic mass is 10.0. The van der Waals surface area contributed by atoms with Gasteiger partial charge in [0.15, 0.2) is 5.76 Å². The van der Waals surface area contributed by atoms with Gasteiger partial charge in [-0.15, -0.1) is 0 Å². The summed E-state index contributed by atoms with van der Waals surface area (Å²) in [5.74, 6) is -2.57. The van der Waals surface area contributed by atoms with Gasteiger partial charge in [0.25, 0.3) is 15.9 Å². The van der Waals surface area contributed by atoms with Crippen molar-refractivity contribution >= 4 is 21.9 Å². The summed E-state index contributed by atoms with van der Waals surface area (Å²) >= 11 is 0. The van der Waals surface area contributed by atoms with Crippen molar-refractivity contribution in [2.75, 3.05) is 7.05 Å². The van der Waals surface area contributed by atoms with Crippen LogP contribution in [0.25, 0.3) is 0 Å². The Labute approximate surface area is 116 Å². The van der Waals surface area contributed by atoms with Gasteiger partial charge < -0.3 is 14.8 Å². The van der Waals surface area contributed by atoms with Crippen molar-refractivity contribution in [3.63, 3.8) is 0 Å². The third kappa shape index (κ3) is 3.58. The van der Waals surface area contributed by atoms with Crippen molar-refractivity contribution in [2.45, 2.75) is 25.0 Å². The molecule has 9 heteroatoms. The molecular formula is C11H16N2O6S. The van der Waals surface area contributed by atoms with Crippen LogP contribution < -0.4 is 10.0 Å². The molecule has 1 amide bonds. The Morgan fingerprint density at radius 3 is 2.35 bits per heavy atom. The Kier molecular flexibility index (Phi) is 4.90. The van der Waals surface area contributed by atoms with E-state index in [4.69, 9.17) is 9.52 Å². The van der Waals surface area contributed by atoms with Crippen LogP contribution in [0.1, 0.15) is 24.4 Å². The molecule has 1 atom stereocenters. The number of carboxylic acids is 1. The number of rotatable bonds is 6. The van der Waals surface area contributed by atoms with Crippen molar-refractivity contribution in [1.82, 2.24) is 10.0 Å². The molecule has 8 nitrogen and oxygen atoms in total. The summed E-state index contributed by atoms with van der Waals surface area (Å²) < 4.78 is 29.8. The number of hydrogen-bond acceptors (Lipinski definition) is 5. The number of carbonyl (C=O) groups is 2. The maximum atomic E-state index is 11.8. The highest BCUT2D eigenvalue weighted by molar-refractivity contribution is 7.89. The first kappa shape index (κ1) is 16.2. The molecular weight excluding hydrogens is 288 g/mol. The third-order valence-electron chi connectivity index (χ3n) is 2.56. The fourth-order valence-electron chi connectivity index (χ4n) is 1.41. The first-order valence-electron chi connectivity index (χ1n) is 5.76. The van der Waals surface area contributed by atoms with Gasteiger partial charge in [-0.25, -0.2) is 17.9 Å². The van der Waals surface area contributed by atoms with E-state index >= 15 is 0 Å². The summed E-state index contributed by atoms with van der Waals surface area (Å²) in [5, 5.41) is 10.8. The first-order valence-corrected chi connectivity index (χ1v) is 7.24. The molecule has 0 saturated heterocycles. The van der Waals surface area contributed by atoms with Gasteiger partial charge in [-0.05, 0) is 25.1 Å². The normalized spacial score (nSPS) is 13.2. The number of nitrogens with one attached hydrogen (secondary N) is 2. The molecule has 112 valence electrons. The smallest absolute Gasteiger partial charge is 0.326 e. The highest BCUT2D eigenvalue weighted by Gasteiger charge is 2.26. The molecule has 1 heterocycles. The second-order valence-electron chi connectivity index (χ2n) is 4.36. The van der Waals surface area contributed by atoms with E-state index in [9.17, 15) is 18.0 Å². The van der Waals surface area contributed by atoms with Crippen LogP contribution in [0.3, 0.4) is 0 Å². The molecule has 1 rings (SSSR count). The van der Waals surface area contributed by atoms with Crippen LogP contribution in [0.5, 0.6) is 0 Å². The number of aliphatic carboxylic acids is 1. The van der Waals surface area contributed by atoms with E-state index in [-0.39, 0.29) is 11.7 Å². The van der Waals surface area contributed by atoms with Crippen LogP contribution in [-0.2, 0) is 14.8 Å². The number of hydrogen-bond donors (Lipinski definition) is 3. The van der Waals surface area contributed by atoms with E-state index in [2.05, 4.69) is 5.32 Å². The van der Waals surface area contributed by atoms with Gasteiger partial charge in [-0.2, -0.15) is 0 Å². The van der Waals surface area contributed by atoms with Gasteiger partial charge in [-0.1, -0.05) is 13.8 Å². The predicted molar refractivity (Wildman–Crippen MR) is 68.7 cm³/mol. The summed E-state index contributed by atoms with van der Waals surface area (Å²) in [6, 6.07) is 1.20. The molecule has 0 spiro atoms. The minimum Gasteiger partial charge on any atom is -0.480 e. The second kappa shape index (κ2) is 6.06. The zero-order chi connectivity index (χ0) is 15.5. The topological polar surface area (TPSA) is 126 Å². The fourth-order valence-corrected chi connectivity index (χ4v) is 2.06. The lowest BCUT2D eigenvalue weighted by Gasteiger charge is -2.16. The van der Waals surface area contributed by atoms with E-state index in [1.165, 1.54) is 13.1 Å². The molecule has 1 aromatic rings. The molecule has 20 heavy (non-hydrogen) atoms. The van der Waals surface area contributed by atoms with Crippen molar-refractivity contribution in [2.24, 2.45) is 5.92 Å². The summed E-state index contributed by atoms with van der Waals surface area (Å²) in [4.78, 5) is 22.8. The zero-order valence-electron chi connectivity index (χ0n) is 11.2. The third-order valence-corrected chi connectivity index (χ3v) is 3.84. The highest BCUT2D eigenvalue weighted by atomic mass is 32.2. The fraction of sp³-hybridized carbons (Fsp3) is 0.455. The van der Waals surface area contributed by atoms with Crippen molar-refractivity contribution < 1.29 is 27.5 Å². The largest absolute Gasteiger partial charge is 0.480 e. The minimum absolute atomic E-state index is 0.272. The Balaban J connectivity index is 2.92. The number of carboxylic acid groups (broad SMARTS) is 1. The monoisotopic (exact) mass is 304 g/mol. The van der Waals surface area contributed by atoms with E-state index in [1.807, 2.05) is 4.72 Å². The molecule has 0 aliphatic rings. The van der Waals surface area contributed by atoms with Crippen LogP contribution in [0.4, 0.5) is 0 Å². The van der Waals surface area contributed by atoms with Gasteiger partial charge in [0, 0.05) is 0 Å². The Hall–Kier alpha value is -1.87. The van der Waals surface area contributed by atoms with Crippen LogP contribution in [0, 0.1) is 5.92 Å². The van der Waals surface area contributed by atoms with E-state index in [1.54, 1.807) is 13.8 Å². The van der Waals surface area contributed by atoms with E-state index in [0.717, 1.165) is 6.07 Å². The lowest BCUT2D eigenvalue weighted by molar-refractivity contribution is -0.140. The van der Waals surface area contributed by atoms with Gasteiger partial charge >= 0.3 is 5.97 Å². The van der Waals surface area contributed by atoms with E-state index < -0.39 is 33.0 Å².